The van der Waals surface area contributed by atoms with Crippen molar-refractivity contribution >= 4 is 27.5 Å². The summed E-state index contributed by atoms with van der Waals surface area (Å²) in [6.07, 6.45) is 0. The normalized spacial score (nSPS) is 12.8. The Morgan fingerprint density at radius 1 is 1.44 bits per heavy atom. The highest BCUT2D eigenvalue weighted by Gasteiger charge is 2.13. The fourth-order valence-electron chi connectivity index (χ4n) is 1.14. The van der Waals surface area contributed by atoms with Crippen molar-refractivity contribution in [2.24, 2.45) is 0 Å². The summed E-state index contributed by atoms with van der Waals surface area (Å²) in [5, 5.41) is 7.20. The SMILES string of the molecule is CC(Cl)c1nnc(-c2ccc(Br)c(F)c2)o1. The predicted molar refractivity (Wildman–Crippen MR) is 61.7 cm³/mol. The fraction of sp³-hybridized carbons (Fsp3) is 0.200. The molecule has 2 rings (SSSR count). The zero-order valence-corrected chi connectivity index (χ0v) is 10.6. The monoisotopic (exact) mass is 304 g/mol. The van der Waals surface area contributed by atoms with Crippen LogP contribution in [-0.2, 0) is 0 Å². The van der Waals surface area contributed by atoms with Crippen molar-refractivity contribution in [1.29, 1.82) is 0 Å². The molecule has 0 saturated heterocycles. The first-order valence-corrected chi connectivity index (χ1v) is 5.74. The highest BCUT2D eigenvalue weighted by atomic mass is 79.9. The highest BCUT2D eigenvalue weighted by molar-refractivity contribution is 9.10. The maximum absolute atomic E-state index is 13.3. The molecule has 0 aliphatic carbocycles. The highest BCUT2D eigenvalue weighted by Crippen LogP contribution is 2.26. The summed E-state index contributed by atoms with van der Waals surface area (Å²) >= 11 is 8.85. The van der Waals surface area contributed by atoms with Crippen molar-refractivity contribution in [1.82, 2.24) is 10.2 Å². The number of hydrogen-bond acceptors (Lipinski definition) is 3. The molecule has 0 bridgehead atoms. The van der Waals surface area contributed by atoms with E-state index in [1.54, 1.807) is 19.1 Å². The summed E-state index contributed by atoms with van der Waals surface area (Å²) in [6.45, 7) is 1.72. The minimum Gasteiger partial charge on any atom is -0.419 e. The lowest BCUT2D eigenvalue weighted by molar-refractivity contribution is 0.506. The molecule has 1 unspecified atom stereocenters. The van der Waals surface area contributed by atoms with E-state index >= 15 is 0 Å². The zero-order chi connectivity index (χ0) is 11.7. The van der Waals surface area contributed by atoms with Gasteiger partial charge in [-0.3, -0.25) is 0 Å². The molecule has 1 aromatic carbocycles. The van der Waals surface area contributed by atoms with Crippen molar-refractivity contribution in [2.45, 2.75) is 12.3 Å². The Bertz CT molecular complexity index is 515. The summed E-state index contributed by atoms with van der Waals surface area (Å²) in [6, 6.07) is 4.59. The minimum absolute atomic E-state index is 0.258. The summed E-state index contributed by atoms with van der Waals surface area (Å²) in [7, 11) is 0. The molecule has 0 spiro atoms. The molecule has 84 valence electrons. The molecule has 16 heavy (non-hydrogen) atoms. The molecular formula is C10H7BrClFN2O. The van der Waals surface area contributed by atoms with Crippen molar-refractivity contribution < 1.29 is 8.81 Å². The zero-order valence-electron chi connectivity index (χ0n) is 8.25. The molecule has 0 aliphatic heterocycles. The molecule has 2 aromatic rings. The van der Waals surface area contributed by atoms with E-state index in [0.29, 0.717) is 15.9 Å². The Balaban J connectivity index is 2.39. The van der Waals surface area contributed by atoms with Crippen LogP contribution in [0.1, 0.15) is 18.2 Å². The van der Waals surface area contributed by atoms with E-state index in [4.69, 9.17) is 16.0 Å². The van der Waals surface area contributed by atoms with Crippen LogP contribution in [0, 0.1) is 5.82 Å². The smallest absolute Gasteiger partial charge is 0.247 e. The molecule has 0 amide bonds. The lowest BCUT2D eigenvalue weighted by Gasteiger charge is -1.97. The van der Waals surface area contributed by atoms with Gasteiger partial charge in [0.05, 0.1) is 4.47 Å². The third-order valence-corrected chi connectivity index (χ3v) is 2.78. The van der Waals surface area contributed by atoms with E-state index in [1.807, 2.05) is 0 Å². The third kappa shape index (κ3) is 2.25. The minimum atomic E-state index is -0.379. The molecule has 1 atom stereocenters. The lowest BCUT2D eigenvalue weighted by Crippen LogP contribution is -1.82. The Morgan fingerprint density at radius 3 is 2.75 bits per heavy atom. The van der Waals surface area contributed by atoms with Gasteiger partial charge in [0.2, 0.25) is 11.8 Å². The number of alkyl halides is 1. The first-order valence-electron chi connectivity index (χ1n) is 4.51. The second kappa shape index (κ2) is 4.51. The molecule has 0 aliphatic rings. The number of halogens is 3. The quantitative estimate of drug-likeness (QED) is 0.789. The predicted octanol–water partition coefficient (Wildman–Crippen LogP) is 3.94. The van der Waals surface area contributed by atoms with Crippen molar-refractivity contribution in [3.63, 3.8) is 0 Å². The van der Waals surface area contributed by atoms with Gasteiger partial charge in [0, 0.05) is 5.56 Å². The van der Waals surface area contributed by atoms with Crippen LogP contribution in [0.2, 0.25) is 0 Å². The van der Waals surface area contributed by atoms with E-state index in [0.717, 1.165) is 0 Å². The molecule has 0 radical (unpaired) electrons. The van der Waals surface area contributed by atoms with Gasteiger partial charge in [0.15, 0.2) is 0 Å². The van der Waals surface area contributed by atoms with Gasteiger partial charge in [-0.05, 0) is 41.1 Å². The van der Waals surface area contributed by atoms with Crippen LogP contribution in [0.4, 0.5) is 4.39 Å². The largest absolute Gasteiger partial charge is 0.419 e. The number of nitrogens with zero attached hydrogens (tertiary/aromatic N) is 2. The number of benzene rings is 1. The Labute approximate surface area is 105 Å². The van der Waals surface area contributed by atoms with Gasteiger partial charge in [-0.2, -0.15) is 0 Å². The maximum Gasteiger partial charge on any atom is 0.247 e. The maximum atomic E-state index is 13.3. The summed E-state index contributed by atoms with van der Waals surface area (Å²) in [5.41, 5.74) is 0.525. The van der Waals surface area contributed by atoms with Crippen LogP contribution in [0.15, 0.2) is 27.1 Å². The Morgan fingerprint density at radius 2 is 2.19 bits per heavy atom. The molecule has 0 saturated carbocycles. The second-order valence-corrected chi connectivity index (χ2v) is 4.70. The molecule has 1 aromatic heterocycles. The van der Waals surface area contributed by atoms with E-state index in [2.05, 4.69) is 26.1 Å². The van der Waals surface area contributed by atoms with Crippen LogP contribution < -0.4 is 0 Å². The topological polar surface area (TPSA) is 38.9 Å². The molecule has 0 N–H and O–H groups in total. The molecule has 0 fully saturated rings. The van der Waals surface area contributed by atoms with Gasteiger partial charge in [-0.15, -0.1) is 21.8 Å². The second-order valence-electron chi connectivity index (χ2n) is 3.19. The van der Waals surface area contributed by atoms with Crippen molar-refractivity contribution in [3.8, 4) is 11.5 Å². The van der Waals surface area contributed by atoms with Crippen LogP contribution in [0.5, 0.6) is 0 Å². The summed E-state index contributed by atoms with van der Waals surface area (Å²) in [4.78, 5) is 0. The van der Waals surface area contributed by atoms with Crippen molar-refractivity contribution in [3.05, 3.63) is 34.4 Å². The van der Waals surface area contributed by atoms with E-state index in [-0.39, 0.29) is 17.1 Å². The van der Waals surface area contributed by atoms with Gasteiger partial charge < -0.3 is 4.42 Å². The van der Waals surface area contributed by atoms with Crippen LogP contribution >= 0.6 is 27.5 Å². The molecule has 3 nitrogen and oxygen atoms in total. The Kier molecular flexibility index (Phi) is 3.25. The van der Waals surface area contributed by atoms with Crippen LogP contribution in [0.25, 0.3) is 11.5 Å². The van der Waals surface area contributed by atoms with E-state index < -0.39 is 0 Å². The average Bonchev–Trinajstić information content (AvgIpc) is 2.71. The third-order valence-electron chi connectivity index (χ3n) is 1.95. The number of hydrogen-bond donors (Lipinski definition) is 0. The summed E-state index contributed by atoms with van der Waals surface area (Å²) < 4.78 is 18.9. The van der Waals surface area contributed by atoms with Gasteiger partial charge in [-0.25, -0.2) is 4.39 Å². The van der Waals surface area contributed by atoms with Gasteiger partial charge in [0.25, 0.3) is 0 Å². The average molecular weight is 306 g/mol. The standard InChI is InChI=1S/C10H7BrClFN2O/c1-5(12)9-14-15-10(16-9)6-2-3-7(11)8(13)4-6/h2-5H,1H3. The van der Waals surface area contributed by atoms with Gasteiger partial charge in [0.1, 0.15) is 11.2 Å². The summed E-state index contributed by atoms with van der Waals surface area (Å²) in [5.74, 6) is 0.199. The lowest BCUT2D eigenvalue weighted by atomic mass is 10.2. The van der Waals surface area contributed by atoms with Crippen LogP contribution in [-0.4, -0.2) is 10.2 Å². The Hall–Kier alpha value is -0.940. The van der Waals surface area contributed by atoms with E-state index in [9.17, 15) is 4.39 Å². The van der Waals surface area contributed by atoms with Gasteiger partial charge >= 0.3 is 0 Å². The first kappa shape index (κ1) is 11.5. The van der Waals surface area contributed by atoms with Gasteiger partial charge in [-0.1, -0.05) is 0 Å². The number of rotatable bonds is 2. The molecule has 1 heterocycles. The van der Waals surface area contributed by atoms with Crippen LogP contribution in [0.3, 0.4) is 0 Å². The van der Waals surface area contributed by atoms with Crippen molar-refractivity contribution in [2.75, 3.05) is 0 Å². The number of aromatic nitrogens is 2. The molecular weight excluding hydrogens is 298 g/mol. The first-order chi connectivity index (χ1) is 7.58. The van der Waals surface area contributed by atoms with E-state index in [1.165, 1.54) is 6.07 Å². The fourth-order valence-corrected chi connectivity index (χ4v) is 1.48. The molecule has 6 heteroatoms.